The van der Waals surface area contributed by atoms with E-state index in [0.717, 1.165) is 4.90 Å². The van der Waals surface area contributed by atoms with Crippen molar-refractivity contribution in [2.45, 2.75) is 11.8 Å². The average Bonchev–Trinajstić information content (AvgIpc) is 3.04. The SMILES string of the molecule is COc1cccc(/C=C(\NC(=O)c2ccccc2)C(=O)Nc2ccc(SCC(=O)Nc3ccc(C(C)=O)cc3)cc2)c1OC. The fourth-order valence-electron chi connectivity index (χ4n) is 4.09. The van der Waals surface area contributed by atoms with E-state index in [1.54, 1.807) is 97.1 Å². The molecule has 4 aromatic rings. The van der Waals surface area contributed by atoms with Crippen molar-refractivity contribution < 1.29 is 28.7 Å². The number of ether oxygens (including phenoxy) is 2. The molecule has 0 fully saturated rings. The number of hydrogen-bond donors (Lipinski definition) is 3. The van der Waals surface area contributed by atoms with Crippen molar-refractivity contribution in [3.8, 4) is 11.5 Å². The maximum absolute atomic E-state index is 13.4. The molecule has 0 aromatic heterocycles. The van der Waals surface area contributed by atoms with Crippen LogP contribution in [0.15, 0.2) is 108 Å². The number of ketones is 1. The molecule has 0 aliphatic heterocycles. The summed E-state index contributed by atoms with van der Waals surface area (Å²) in [6.45, 7) is 1.49. The van der Waals surface area contributed by atoms with Crippen LogP contribution in [0.2, 0.25) is 0 Å². The molecule has 224 valence electrons. The lowest BCUT2D eigenvalue weighted by Gasteiger charge is -2.14. The van der Waals surface area contributed by atoms with Gasteiger partial charge < -0.3 is 25.4 Å². The quantitative estimate of drug-likeness (QED) is 0.102. The molecule has 0 aliphatic carbocycles. The third kappa shape index (κ3) is 8.59. The number of benzene rings is 4. The second-order valence-electron chi connectivity index (χ2n) is 9.41. The Bertz CT molecular complexity index is 1670. The molecule has 4 aromatic carbocycles. The van der Waals surface area contributed by atoms with Gasteiger partial charge in [0.15, 0.2) is 17.3 Å². The van der Waals surface area contributed by atoms with Crippen LogP contribution >= 0.6 is 11.8 Å². The van der Waals surface area contributed by atoms with Crippen molar-refractivity contribution in [1.29, 1.82) is 0 Å². The Balaban J connectivity index is 1.44. The molecule has 0 spiro atoms. The Kier molecular flexibility index (Phi) is 10.9. The molecule has 10 heteroatoms. The zero-order valence-corrected chi connectivity index (χ0v) is 25.2. The largest absolute Gasteiger partial charge is 0.493 e. The van der Waals surface area contributed by atoms with Crippen LogP contribution in [0.1, 0.15) is 33.2 Å². The second kappa shape index (κ2) is 15.2. The van der Waals surface area contributed by atoms with Gasteiger partial charge in [-0.3, -0.25) is 19.2 Å². The van der Waals surface area contributed by atoms with Crippen molar-refractivity contribution in [3.63, 3.8) is 0 Å². The average molecular weight is 610 g/mol. The highest BCUT2D eigenvalue weighted by Crippen LogP contribution is 2.32. The van der Waals surface area contributed by atoms with Gasteiger partial charge in [0.2, 0.25) is 5.91 Å². The van der Waals surface area contributed by atoms with Gasteiger partial charge in [-0.2, -0.15) is 0 Å². The third-order valence-corrected chi connectivity index (χ3v) is 7.33. The Hall–Kier alpha value is -5.35. The van der Waals surface area contributed by atoms with Crippen molar-refractivity contribution in [1.82, 2.24) is 5.32 Å². The first-order valence-corrected chi connectivity index (χ1v) is 14.5. The lowest BCUT2D eigenvalue weighted by Crippen LogP contribution is -2.30. The summed E-state index contributed by atoms with van der Waals surface area (Å²) in [5.41, 5.74) is 2.59. The van der Waals surface area contributed by atoms with Gasteiger partial charge in [0, 0.05) is 33.0 Å². The van der Waals surface area contributed by atoms with Crippen molar-refractivity contribution in [3.05, 3.63) is 119 Å². The summed E-state index contributed by atoms with van der Waals surface area (Å²) < 4.78 is 10.9. The molecule has 44 heavy (non-hydrogen) atoms. The summed E-state index contributed by atoms with van der Waals surface area (Å²) in [4.78, 5) is 51.1. The first-order valence-electron chi connectivity index (χ1n) is 13.5. The summed E-state index contributed by atoms with van der Waals surface area (Å²) in [6.07, 6.45) is 1.52. The zero-order valence-electron chi connectivity index (χ0n) is 24.4. The van der Waals surface area contributed by atoms with E-state index < -0.39 is 11.8 Å². The van der Waals surface area contributed by atoms with Crippen LogP contribution in [-0.4, -0.2) is 43.5 Å². The molecule has 0 saturated carbocycles. The number of carbonyl (C=O) groups is 4. The molecular formula is C34H31N3O6S. The van der Waals surface area contributed by atoms with E-state index in [1.807, 2.05) is 0 Å². The normalized spacial score (nSPS) is 10.8. The lowest BCUT2D eigenvalue weighted by atomic mass is 10.1. The molecular weight excluding hydrogens is 578 g/mol. The summed E-state index contributed by atoms with van der Waals surface area (Å²) in [5.74, 6) is -0.181. The first-order chi connectivity index (χ1) is 21.3. The van der Waals surface area contributed by atoms with E-state index in [1.165, 1.54) is 39.0 Å². The van der Waals surface area contributed by atoms with Crippen LogP contribution in [0, 0.1) is 0 Å². The van der Waals surface area contributed by atoms with Gasteiger partial charge in [0.05, 0.1) is 20.0 Å². The van der Waals surface area contributed by atoms with Crippen molar-refractivity contribution in [2.75, 3.05) is 30.6 Å². The molecule has 0 heterocycles. The van der Waals surface area contributed by atoms with Crippen LogP contribution in [0.4, 0.5) is 11.4 Å². The van der Waals surface area contributed by atoms with E-state index >= 15 is 0 Å². The molecule has 9 nitrogen and oxygen atoms in total. The van der Waals surface area contributed by atoms with E-state index in [2.05, 4.69) is 16.0 Å². The minimum atomic E-state index is -0.547. The summed E-state index contributed by atoms with van der Waals surface area (Å²) in [7, 11) is 3.01. The Morgan fingerprint density at radius 2 is 1.39 bits per heavy atom. The topological polar surface area (TPSA) is 123 Å². The second-order valence-corrected chi connectivity index (χ2v) is 10.5. The maximum atomic E-state index is 13.4. The van der Waals surface area contributed by atoms with Gasteiger partial charge in [0.1, 0.15) is 5.70 Å². The highest BCUT2D eigenvalue weighted by molar-refractivity contribution is 8.00. The van der Waals surface area contributed by atoms with Gasteiger partial charge >= 0.3 is 0 Å². The number of hydrogen-bond acceptors (Lipinski definition) is 7. The van der Waals surface area contributed by atoms with Gasteiger partial charge in [-0.25, -0.2) is 0 Å². The summed E-state index contributed by atoms with van der Waals surface area (Å²) >= 11 is 1.33. The number of carbonyl (C=O) groups excluding carboxylic acids is 4. The first kappa shape index (κ1) is 31.6. The number of rotatable bonds is 12. The van der Waals surface area contributed by atoms with Crippen molar-refractivity contribution in [2.24, 2.45) is 0 Å². The lowest BCUT2D eigenvalue weighted by molar-refractivity contribution is -0.114. The van der Waals surface area contributed by atoms with Crippen LogP contribution in [-0.2, 0) is 9.59 Å². The fraction of sp³-hybridized carbons (Fsp3) is 0.118. The number of anilines is 2. The Morgan fingerprint density at radius 3 is 2.02 bits per heavy atom. The maximum Gasteiger partial charge on any atom is 0.272 e. The fourth-order valence-corrected chi connectivity index (χ4v) is 4.79. The minimum Gasteiger partial charge on any atom is -0.493 e. The number of Topliss-reactive ketones (excluding diaryl/α,β-unsaturated/α-hetero) is 1. The smallest absolute Gasteiger partial charge is 0.272 e. The van der Waals surface area contributed by atoms with Crippen LogP contribution in [0.25, 0.3) is 6.08 Å². The highest BCUT2D eigenvalue weighted by Gasteiger charge is 2.17. The van der Waals surface area contributed by atoms with Gasteiger partial charge in [-0.1, -0.05) is 30.3 Å². The van der Waals surface area contributed by atoms with Gasteiger partial charge in [-0.15, -0.1) is 11.8 Å². The molecule has 3 amide bonds. The van der Waals surface area contributed by atoms with E-state index in [0.29, 0.717) is 39.6 Å². The van der Waals surface area contributed by atoms with E-state index in [-0.39, 0.29) is 23.1 Å². The van der Waals surface area contributed by atoms with E-state index in [9.17, 15) is 19.2 Å². The van der Waals surface area contributed by atoms with Crippen molar-refractivity contribution >= 4 is 52.7 Å². The predicted octanol–water partition coefficient (Wildman–Crippen LogP) is 6.05. The standard InChI is InChI=1S/C34H31N3O6S/c1-22(38)23-12-14-26(15-13-23)35-31(39)21-44-28-18-16-27(17-19-28)36-34(41)29(37-33(40)24-8-5-4-6-9-24)20-25-10-7-11-30(42-2)32(25)43-3/h4-20H,21H2,1-3H3,(H,35,39)(H,36,41)(H,37,40)/b29-20-. The van der Waals surface area contributed by atoms with Gasteiger partial charge in [-0.05, 0) is 79.7 Å². The Morgan fingerprint density at radius 1 is 0.727 bits per heavy atom. The number of thioether (sulfide) groups is 1. The molecule has 0 bridgehead atoms. The Labute approximate surface area is 259 Å². The molecule has 0 unspecified atom stereocenters. The van der Waals surface area contributed by atoms with Gasteiger partial charge in [0.25, 0.3) is 11.8 Å². The number of methoxy groups -OCH3 is 2. The predicted molar refractivity (Wildman–Crippen MR) is 172 cm³/mol. The minimum absolute atomic E-state index is 0.00290. The monoisotopic (exact) mass is 609 g/mol. The molecule has 4 rings (SSSR count). The van der Waals surface area contributed by atoms with Crippen LogP contribution in [0.5, 0.6) is 11.5 Å². The molecule has 0 atom stereocenters. The zero-order chi connectivity index (χ0) is 31.5. The number of para-hydroxylation sites is 1. The number of nitrogens with one attached hydrogen (secondary N) is 3. The summed E-state index contributed by atoms with van der Waals surface area (Å²) in [5, 5.41) is 8.33. The summed E-state index contributed by atoms with van der Waals surface area (Å²) in [6, 6.07) is 27.5. The molecule has 0 radical (unpaired) electrons. The van der Waals surface area contributed by atoms with E-state index in [4.69, 9.17) is 9.47 Å². The third-order valence-electron chi connectivity index (χ3n) is 6.32. The highest BCUT2D eigenvalue weighted by atomic mass is 32.2. The number of amides is 3. The molecule has 0 aliphatic rings. The van der Waals surface area contributed by atoms with Crippen LogP contribution in [0.3, 0.4) is 0 Å². The molecule has 0 saturated heterocycles. The molecule has 3 N–H and O–H groups in total. The van der Waals surface area contributed by atoms with Crippen LogP contribution < -0.4 is 25.4 Å².